The summed E-state index contributed by atoms with van der Waals surface area (Å²) in [6, 6.07) is 7.08. The average molecular weight is 472 g/mol. The van der Waals surface area contributed by atoms with E-state index in [1.54, 1.807) is 24.7 Å². The van der Waals surface area contributed by atoms with Crippen LogP contribution < -0.4 is 4.72 Å². The van der Waals surface area contributed by atoms with E-state index in [4.69, 9.17) is 11.6 Å². The van der Waals surface area contributed by atoms with Gasteiger partial charge in [-0.3, -0.25) is 19.6 Å². The molecule has 0 spiro atoms. The van der Waals surface area contributed by atoms with Crippen LogP contribution in [0.1, 0.15) is 28.8 Å². The molecule has 2 heterocycles. The van der Waals surface area contributed by atoms with Crippen molar-refractivity contribution in [3.8, 4) is 11.3 Å². The smallest absolute Gasteiger partial charge is 0.235 e. The molecule has 0 atom stereocenters. The minimum Gasteiger partial charge on any atom is -0.288 e. The summed E-state index contributed by atoms with van der Waals surface area (Å²) < 4.78 is 41.8. The highest BCUT2D eigenvalue weighted by Crippen LogP contribution is 2.33. The normalized spacial score (nSPS) is 13.9. The fraction of sp³-hybridized carbons (Fsp3) is 0.143. The molecule has 0 bridgehead atoms. The number of nitrogens with zero attached hydrogens (tertiary/aromatic N) is 3. The zero-order valence-electron chi connectivity index (χ0n) is 16.3. The molecule has 0 unspecified atom stereocenters. The number of H-pyrrole nitrogens is 1. The average Bonchev–Trinajstić information content (AvgIpc) is 3.51. The molecule has 2 N–H and O–H groups in total. The van der Waals surface area contributed by atoms with Crippen molar-refractivity contribution in [2.24, 2.45) is 0 Å². The number of nitrogens with one attached hydrogen (secondary N) is 2. The number of fused-ring (bicyclic) bond motifs is 1. The molecule has 2 aromatic carbocycles. The maximum absolute atomic E-state index is 15.2. The summed E-state index contributed by atoms with van der Waals surface area (Å²) in [6.07, 6.45) is 5.88. The maximum Gasteiger partial charge on any atom is 0.235 e. The lowest BCUT2D eigenvalue weighted by molar-refractivity contribution is 0.103. The highest BCUT2D eigenvalue weighted by molar-refractivity contribution is 7.93. The topological polar surface area (TPSA) is 118 Å². The molecular formula is C21H15ClFN5O3S. The molecule has 8 nitrogen and oxygen atoms in total. The first kappa shape index (κ1) is 20.5. The van der Waals surface area contributed by atoms with Gasteiger partial charge in [0.25, 0.3) is 0 Å². The molecule has 1 aliphatic carbocycles. The van der Waals surface area contributed by atoms with E-state index in [2.05, 4.69) is 24.9 Å². The third-order valence-corrected chi connectivity index (χ3v) is 7.30. The molecule has 2 aromatic heterocycles. The van der Waals surface area contributed by atoms with E-state index in [9.17, 15) is 13.2 Å². The Balaban J connectivity index is 1.54. The van der Waals surface area contributed by atoms with Crippen molar-refractivity contribution in [1.82, 2.24) is 20.2 Å². The summed E-state index contributed by atoms with van der Waals surface area (Å²) in [6.45, 7) is 0. The van der Waals surface area contributed by atoms with Gasteiger partial charge in [0.05, 0.1) is 50.6 Å². The van der Waals surface area contributed by atoms with Gasteiger partial charge >= 0.3 is 0 Å². The molecule has 0 amide bonds. The van der Waals surface area contributed by atoms with Crippen LogP contribution >= 0.6 is 11.6 Å². The highest BCUT2D eigenvalue weighted by Gasteiger charge is 2.36. The Morgan fingerprint density at radius 1 is 1.16 bits per heavy atom. The zero-order chi connectivity index (χ0) is 22.5. The predicted molar refractivity (Wildman–Crippen MR) is 118 cm³/mol. The van der Waals surface area contributed by atoms with E-state index in [-0.39, 0.29) is 16.3 Å². The molecule has 0 saturated heterocycles. The summed E-state index contributed by atoms with van der Waals surface area (Å²) in [7, 11) is -3.71. The fourth-order valence-electron chi connectivity index (χ4n) is 3.28. The van der Waals surface area contributed by atoms with Crippen LogP contribution in [0, 0.1) is 5.82 Å². The summed E-state index contributed by atoms with van der Waals surface area (Å²) >= 11 is 6.13. The third kappa shape index (κ3) is 3.71. The van der Waals surface area contributed by atoms with Crippen molar-refractivity contribution < 1.29 is 17.6 Å². The molecule has 162 valence electrons. The number of anilines is 1. The molecule has 4 aromatic rings. The van der Waals surface area contributed by atoms with Crippen LogP contribution in [0.25, 0.3) is 22.3 Å². The maximum atomic E-state index is 15.2. The van der Waals surface area contributed by atoms with Gasteiger partial charge in [-0.15, -0.1) is 0 Å². The van der Waals surface area contributed by atoms with Gasteiger partial charge < -0.3 is 0 Å². The van der Waals surface area contributed by atoms with Gasteiger partial charge in [0.2, 0.25) is 10.0 Å². The van der Waals surface area contributed by atoms with Crippen molar-refractivity contribution in [3.05, 3.63) is 70.9 Å². The summed E-state index contributed by atoms with van der Waals surface area (Å²) in [5.74, 6) is -1.72. The van der Waals surface area contributed by atoms with E-state index in [0.717, 1.165) is 5.56 Å². The number of hydrogen-bond donors (Lipinski definition) is 2. The van der Waals surface area contributed by atoms with Gasteiger partial charge in [-0.05, 0) is 43.2 Å². The number of rotatable bonds is 6. The van der Waals surface area contributed by atoms with Crippen LogP contribution in [-0.2, 0) is 10.0 Å². The van der Waals surface area contributed by atoms with Gasteiger partial charge in [-0.2, -0.15) is 5.10 Å². The van der Waals surface area contributed by atoms with Crippen molar-refractivity contribution in [3.63, 3.8) is 0 Å². The monoisotopic (exact) mass is 471 g/mol. The molecule has 1 aliphatic rings. The first-order valence-electron chi connectivity index (χ1n) is 9.64. The van der Waals surface area contributed by atoms with Crippen LogP contribution in [-0.4, -0.2) is 39.6 Å². The number of aromatic amines is 1. The second kappa shape index (κ2) is 7.64. The number of benzene rings is 2. The standard InChI is InChI=1S/C21H15ClFN5O3S/c22-14-4-6-16(28-32(30,31)13-2-3-13)20(23)19(14)21(29)11-1-5-15-17(7-11)27-18(10-24-15)12-8-25-26-9-12/h1,4-10,13,28H,2-3H2,(H,25,26). The highest BCUT2D eigenvalue weighted by atomic mass is 35.5. The Bertz CT molecular complexity index is 1470. The first-order valence-corrected chi connectivity index (χ1v) is 11.6. The number of ketones is 1. The Hall–Kier alpha value is -3.37. The molecular weight excluding hydrogens is 457 g/mol. The van der Waals surface area contributed by atoms with E-state index >= 15 is 4.39 Å². The van der Waals surface area contributed by atoms with E-state index in [1.165, 1.54) is 24.3 Å². The van der Waals surface area contributed by atoms with Crippen LogP contribution in [0.3, 0.4) is 0 Å². The second-order valence-electron chi connectivity index (χ2n) is 7.41. The van der Waals surface area contributed by atoms with Gasteiger partial charge in [0, 0.05) is 17.3 Å². The summed E-state index contributed by atoms with van der Waals surface area (Å²) in [5.41, 5.74) is 1.66. The van der Waals surface area contributed by atoms with E-state index in [1.807, 2.05) is 0 Å². The Kier molecular flexibility index (Phi) is 4.90. The van der Waals surface area contributed by atoms with Gasteiger partial charge in [0.15, 0.2) is 11.6 Å². The number of aromatic nitrogens is 4. The van der Waals surface area contributed by atoms with Gasteiger partial charge in [0.1, 0.15) is 0 Å². The number of hydrogen-bond acceptors (Lipinski definition) is 6. The molecule has 1 fully saturated rings. The minimum atomic E-state index is -3.71. The molecule has 1 saturated carbocycles. The lowest BCUT2D eigenvalue weighted by atomic mass is 10.0. The van der Waals surface area contributed by atoms with E-state index in [0.29, 0.717) is 29.6 Å². The lowest BCUT2D eigenvalue weighted by Crippen LogP contribution is -2.19. The summed E-state index contributed by atoms with van der Waals surface area (Å²) in [5, 5.41) is 5.91. The lowest BCUT2D eigenvalue weighted by Gasteiger charge is -2.12. The molecule has 0 radical (unpaired) electrons. The second-order valence-corrected chi connectivity index (χ2v) is 9.77. The van der Waals surface area contributed by atoms with Crippen LogP contribution in [0.15, 0.2) is 48.9 Å². The van der Waals surface area contributed by atoms with Crippen LogP contribution in [0.2, 0.25) is 5.02 Å². The molecule has 5 rings (SSSR count). The van der Waals surface area contributed by atoms with Gasteiger partial charge in [-0.25, -0.2) is 17.8 Å². The number of carbonyl (C=O) groups excluding carboxylic acids is 1. The van der Waals surface area contributed by atoms with Crippen molar-refractivity contribution in [1.29, 1.82) is 0 Å². The minimum absolute atomic E-state index is 0.125. The van der Waals surface area contributed by atoms with Crippen molar-refractivity contribution >= 4 is 44.1 Å². The molecule has 0 aliphatic heterocycles. The predicted octanol–water partition coefficient (Wildman–Crippen LogP) is 3.95. The largest absolute Gasteiger partial charge is 0.288 e. The first-order chi connectivity index (χ1) is 15.3. The number of carbonyl (C=O) groups is 1. The molecule has 11 heteroatoms. The number of sulfonamides is 1. The SMILES string of the molecule is O=C(c1ccc2ncc(-c3cn[nH]c3)nc2c1)c1c(Cl)ccc(NS(=O)(=O)C2CC2)c1F. The van der Waals surface area contributed by atoms with Crippen LogP contribution in [0.4, 0.5) is 10.1 Å². The van der Waals surface area contributed by atoms with Gasteiger partial charge in [-0.1, -0.05) is 11.6 Å². The quantitative estimate of drug-likeness (QED) is 0.411. The fourth-order valence-corrected chi connectivity index (χ4v) is 4.90. The van der Waals surface area contributed by atoms with E-state index < -0.39 is 32.4 Å². The van der Waals surface area contributed by atoms with Crippen molar-refractivity contribution in [2.45, 2.75) is 18.1 Å². The van der Waals surface area contributed by atoms with Crippen molar-refractivity contribution in [2.75, 3.05) is 4.72 Å². The Labute approximate surface area is 186 Å². The molecule has 32 heavy (non-hydrogen) atoms. The number of halogens is 2. The third-order valence-electron chi connectivity index (χ3n) is 5.13. The zero-order valence-corrected chi connectivity index (χ0v) is 17.9. The Morgan fingerprint density at radius 3 is 2.69 bits per heavy atom. The summed E-state index contributed by atoms with van der Waals surface area (Å²) in [4.78, 5) is 22.0. The van der Waals surface area contributed by atoms with Crippen LogP contribution in [0.5, 0.6) is 0 Å². The Morgan fingerprint density at radius 2 is 1.97 bits per heavy atom.